The number of carbonyl (C=O) groups is 1. The van der Waals surface area contributed by atoms with Crippen molar-refractivity contribution in [3.05, 3.63) is 18.2 Å². The Morgan fingerprint density at radius 3 is 2.58 bits per heavy atom. The zero-order chi connectivity index (χ0) is 17.2. The van der Waals surface area contributed by atoms with E-state index in [-0.39, 0.29) is 16.7 Å². The summed E-state index contributed by atoms with van der Waals surface area (Å²) in [5, 5.41) is 2.83. The quantitative estimate of drug-likeness (QED) is 0.854. The van der Waals surface area contributed by atoms with Gasteiger partial charge in [0.15, 0.2) is 0 Å². The molecule has 1 saturated carbocycles. The van der Waals surface area contributed by atoms with Crippen LogP contribution in [0.5, 0.6) is 5.75 Å². The van der Waals surface area contributed by atoms with E-state index in [1.165, 1.54) is 10.4 Å². The van der Waals surface area contributed by atoms with Gasteiger partial charge in [-0.15, -0.1) is 0 Å². The molecule has 1 aliphatic heterocycles. The van der Waals surface area contributed by atoms with Crippen LogP contribution in [-0.4, -0.2) is 38.3 Å². The molecule has 24 heavy (non-hydrogen) atoms. The summed E-state index contributed by atoms with van der Waals surface area (Å²) in [4.78, 5) is 12.3. The zero-order valence-electron chi connectivity index (χ0n) is 14.0. The van der Waals surface area contributed by atoms with Crippen LogP contribution in [0.15, 0.2) is 23.1 Å². The van der Waals surface area contributed by atoms with Crippen LogP contribution in [0.2, 0.25) is 0 Å². The van der Waals surface area contributed by atoms with Gasteiger partial charge < -0.3 is 10.1 Å². The molecule has 0 spiro atoms. The molecule has 1 aliphatic carbocycles. The lowest BCUT2D eigenvalue weighted by Crippen LogP contribution is -2.35. The van der Waals surface area contributed by atoms with E-state index in [9.17, 15) is 13.2 Å². The first-order chi connectivity index (χ1) is 11.5. The molecule has 132 valence electrons. The molecule has 1 heterocycles. The van der Waals surface area contributed by atoms with Crippen LogP contribution in [-0.2, 0) is 14.8 Å². The van der Waals surface area contributed by atoms with E-state index in [0.717, 1.165) is 32.1 Å². The lowest BCUT2D eigenvalue weighted by Gasteiger charge is -2.26. The third-order valence-electron chi connectivity index (χ3n) is 4.41. The number of carbonyl (C=O) groups excluding carboxylic acids is 1. The molecule has 0 aromatic heterocycles. The minimum Gasteiger partial charge on any atom is -0.492 e. The number of hydrogen-bond acceptors (Lipinski definition) is 4. The Morgan fingerprint density at radius 2 is 1.96 bits per heavy atom. The molecule has 7 heteroatoms. The Balaban J connectivity index is 1.88. The molecule has 1 N–H and O–H groups in total. The van der Waals surface area contributed by atoms with Gasteiger partial charge in [-0.25, -0.2) is 8.42 Å². The molecule has 2 fully saturated rings. The van der Waals surface area contributed by atoms with Crippen molar-refractivity contribution in [2.45, 2.75) is 43.9 Å². The van der Waals surface area contributed by atoms with Crippen molar-refractivity contribution in [3.63, 3.8) is 0 Å². The van der Waals surface area contributed by atoms with E-state index in [1.54, 1.807) is 12.1 Å². The van der Waals surface area contributed by atoms with Crippen LogP contribution in [0.1, 0.15) is 39.0 Å². The molecular weight excluding hydrogens is 328 g/mol. The second-order valence-electron chi connectivity index (χ2n) is 6.32. The van der Waals surface area contributed by atoms with Crippen LogP contribution < -0.4 is 10.1 Å². The number of ether oxygens (including phenoxy) is 1. The van der Waals surface area contributed by atoms with Gasteiger partial charge in [0.05, 0.1) is 17.2 Å². The highest BCUT2D eigenvalue weighted by molar-refractivity contribution is 7.89. The molecule has 0 radical (unpaired) electrons. The number of rotatable bonds is 6. The van der Waals surface area contributed by atoms with Crippen molar-refractivity contribution in [1.82, 2.24) is 4.31 Å². The number of nitrogens with zero attached hydrogens (tertiary/aromatic N) is 1. The molecular formula is C17H24N2O4S. The number of hydrogen-bond donors (Lipinski definition) is 1. The van der Waals surface area contributed by atoms with Crippen molar-refractivity contribution in [2.24, 2.45) is 5.92 Å². The summed E-state index contributed by atoms with van der Waals surface area (Å²) in [6.07, 6.45) is 4.63. The Labute approximate surface area is 143 Å². The number of nitrogens with one attached hydrogen (secondary N) is 1. The Morgan fingerprint density at radius 1 is 1.25 bits per heavy atom. The molecule has 1 amide bonds. The third kappa shape index (κ3) is 3.72. The van der Waals surface area contributed by atoms with E-state index in [2.05, 4.69) is 5.32 Å². The minimum atomic E-state index is -3.53. The second kappa shape index (κ2) is 7.11. The lowest BCUT2D eigenvalue weighted by atomic mass is 10.2. The molecule has 0 bridgehead atoms. The van der Waals surface area contributed by atoms with E-state index in [4.69, 9.17) is 4.74 Å². The maximum Gasteiger partial charge on any atom is 0.243 e. The summed E-state index contributed by atoms with van der Waals surface area (Å²) in [6.45, 7) is 3.41. The van der Waals surface area contributed by atoms with Gasteiger partial charge in [0.1, 0.15) is 5.75 Å². The van der Waals surface area contributed by atoms with E-state index >= 15 is 0 Å². The Kier molecular flexibility index (Phi) is 5.10. The third-order valence-corrected chi connectivity index (χ3v) is 6.30. The number of sulfonamides is 1. The second-order valence-corrected chi connectivity index (χ2v) is 8.26. The predicted octanol–water partition coefficient (Wildman–Crippen LogP) is 2.61. The zero-order valence-corrected chi connectivity index (χ0v) is 14.8. The molecule has 3 rings (SSSR count). The van der Waals surface area contributed by atoms with Crippen molar-refractivity contribution in [2.75, 3.05) is 25.0 Å². The normalized spacial score (nSPS) is 19.0. The Bertz CT molecular complexity index is 707. The number of piperidine rings is 1. The maximum atomic E-state index is 12.8. The van der Waals surface area contributed by atoms with Crippen molar-refractivity contribution in [1.29, 1.82) is 0 Å². The monoisotopic (exact) mass is 352 g/mol. The molecule has 2 aliphatic rings. The maximum absolute atomic E-state index is 12.8. The topological polar surface area (TPSA) is 75.7 Å². The summed E-state index contributed by atoms with van der Waals surface area (Å²) in [7, 11) is -3.53. The van der Waals surface area contributed by atoms with Gasteiger partial charge >= 0.3 is 0 Å². The average molecular weight is 352 g/mol. The fraction of sp³-hybridized carbons (Fsp3) is 0.588. The molecule has 0 unspecified atom stereocenters. The first-order valence-corrected chi connectivity index (χ1v) is 10.0. The van der Waals surface area contributed by atoms with E-state index < -0.39 is 10.0 Å². The first-order valence-electron chi connectivity index (χ1n) is 8.60. The minimum absolute atomic E-state index is 0.0434. The predicted molar refractivity (Wildman–Crippen MR) is 91.6 cm³/mol. The summed E-state index contributed by atoms with van der Waals surface area (Å²) in [5.41, 5.74) is 0.437. The largest absolute Gasteiger partial charge is 0.492 e. The Hall–Kier alpha value is -1.60. The number of benzene rings is 1. The van der Waals surface area contributed by atoms with Gasteiger partial charge in [-0.05, 0) is 50.8 Å². The van der Waals surface area contributed by atoms with Gasteiger partial charge in [0, 0.05) is 19.0 Å². The number of amides is 1. The molecule has 0 atom stereocenters. The first kappa shape index (κ1) is 17.2. The van der Waals surface area contributed by atoms with Crippen molar-refractivity contribution >= 4 is 21.6 Å². The summed E-state index contributed by atoms with van der Waals surface area (Å²) in [6, 6.07) is 4.71. The summed E-state index contributed by atoms with van der Waals surface area (Å²) >= 11 is 0. The van der Waals surface area contributed by atoms with Crippen LogP contribution >= 0.6 is 0 Å². The highest BCUT2D eigenvalue weighted by Gasteiger charge is 2.31. The van der Waals surface area contributed by atoms with E-state index in [0.29, 0.717) is 31.1 Å². The van der Waals surface area contributed by atoms with Gasteiger partial charge in [-0.3, -0.25) is 4.79 Å². The van der Waals surface area contributed by atoms with Crippen molar-refractivity contribution in [3.8, 4) is 5.75 Å². The molecule has 1 aromatic rings. The van der Waals surface area contributed by atoms with Crippen LogP contribution in [0, 0.1) is 5.92 Å². The van der Waals surface area contributed by atoms with Gasteiger partial charge in [0.25, 0.3) is 0 Å². The molecule has 1 aromatic carbocycles. The fourth-order valence-electron chi connectivity index (χ4n) is 2.88. The van der Waals surface area contributed by atoms with Crippen molar-refractivity contribution < 1.29 is 17.9 Å². The SMILES string of the molecule is CCOc1ccc(S(=O)(=O)N2CCCCC2)cc1NC(=O)C1CC1. The van der Waals surface area contributed by atoms with Gasteiger partial charge in [0.2, 0.25) is 15.9 Å². The number of anilines is 1. The highest BCUT2D eigenvalue weighted by Crippen LogP contribution is 2.34. The van der Waals surface area contributed by atoms with E-state index in [1.807, 2.05) is 6.92 Å². The molecule has 1 saturated heterocycles. The summed E-state index contributed by atoms with van der Waals surface area (Å²) < 4.78 is 32.7. The average Bonchev–Trinajstić information content (AvgIpc) is 3.42. The van der Waals surface area contributed by atoms with Crippen LogP contribution in [0.4, 0.5) is 5.69 Å². The lowest BCUT2D eigenvalue weighted by molar-refractivity contribution is -0.117. The molecule has 6 nitrogen and oxygen atoms in total. The highest BCUT2D eigenvalue weighted by atomic mass is 32.2. The summed E-state index contributed by atoms with van der Waals surface area (Å²) in [5.74, 6) is 0.481. The van der Waals surface area contributed by atoms with Gasteiger partial charge in [-0.1, -0.05) is 6.42 Å². The van der Waals surface area contributed by atoms with Crippen LogP contribution in [0.3, 0.4) is 0 Å². The standard InChI is InChI=1S/C17H24N2O4S/c1-2-23-16-9-8-14(12-15(16)18-17(20)13-6-7-13)24(21,22)19-10-4-3-5-11-19/h8-9,12-13H,2-7,10-11H2,1H3,(H,18,20). The van der Waals surface area contributed by atoms with Crippen LogP contribution in [0.25, 0.3) is 0 Å². The fourth-order valence-corrected chi connectivity index (χ4v) is 4.43. The van der Waals surface area contributed by atoms with Gasteiger partial charge in [-0.2, -0.15) is 4.31 Å². The smallest absolute Gasteiger partial charge is 0.243 e.